The van der Waals surface area contributed by atoms with Crippen LogP contribution in [0.3, 0.4) is 0 Å². The number of amides is 1. The van der Waals surface area contributed by atoms with E-state index in [1.807, 2.05) is 12.1 Å². The molecule has 0 aliphatic carbocycles. The number of hydrogen-bond donors (Lipinski definition) is 1. The molecule has 0 spiro atoms. The van der Waals surface area contributed by atoms with Gasteiger partial charge >= 0.3 is 0 Å². The van der Waals surface area contributed by atoms with Gasteiger partial charge in [0, 0.05) is 33.4 Å². The molecule has 134 valence electrons. The Morgan fingerprint density at radius 2 is 1.74 bits per heavy atom. The van der Waals surface area contributed by atoms with Gasteiger partial charge in [-0.2, -0.15) is 0 Å². The summed E-state index contributed by atoms with van der Waals surface area (Å²) in [6.07, 6.45) is 2.94. The number of hydrogen-bond acceptors (Lipinski definition) is 3. The van der Waals surface area contributed by atoms with Gasteiger partial charge < -0.3 is 0 Å². The maximum absolute atomic E-state index is 12.7. The summed E-state index contributed by atoms with van der Waals surface area (Å²) in [5.74, 6) is 9.02. The number of rotatable bonds is 3. The molecule has 1 amide bonds. The molecule has 0 saturated carbocycles. The van der Waals surface area contributed by atoms with Crippen LogP contribution < -0.4 is 4.72 Å². The molecular weight excluding hydrogens is 380 g/mol. The minimum Gasteiger partial charge on any atom is -0.275 e. The molecule has 1 unspecified atom stereocenters. The molecule has 27 heavy (non-hydrogen) atoms. The van der Waals surface area contributed by atoms with E-state index in [0.717, 1.165) is 5.56 Å². The Hall–Kier alpha value is -3.07. The van der Waals surface area contributed by atoms with Crippen LogP contribution in [-0.2, 0) is 9.71 Å². The van der Waals surface area contributed by atoms with E-state index in [2.05, 4.69) is 27.4 Å². The molecule has 3 aromatic rings. The monoisotopic (exact) mass is 394 g/mol. The summed E-state index contributed by atoms with van der Waals surface area (Å²) in [5.41, 5.74) is 1.56. The summed E-state index contributed by atoms with van der Waals surface area (Å²) in [4.78, 5) is 17.0. The number of nitrogens with zero attached hydrogens (tertiary/aromatic N) is 1. The van der Waals surface area contributed by atoms with Crippen LogP contribution in [0.4, 0.5) is 0 Å². The third-order valence-corrected chi connectivity index (χ3v) is 5.34. The van der Waals surface area contributed by atoms with Crippen molar-refractivity contribution in [3.05, 3.63) is 94.8 Å². The van der Waals surface area contributed by atoms with Gasteiger partial charge in [0.25, 0.3) is 5.91 Å². The molecule has 0 saturated heterocycles. The highest BCUT2D eigenvalue weighted by atomic mass is 35.5. The van der Waals surface area contributed by atoms with E-state index in [9.17, 15) is 9.00 Å². The number of pyridine rings is 1. The fourth-order valence-electron chi connectivity index (χ4n) is 2.25. The molecule has 1 heterocycles. The first-order valence-corrected chi connectivity index (χ1v) is 10.0. The summed E-state index contributed by atoms with van der Waals surface area (Å²) in [6.45, 7) is 0. The fourth-order valence-corrected chi connectivity index (χ4v) is 3.57. The number of nitrogens with one attached hydrogen (secondary N) is 1. The van der Waals surface area contributed by atoms with E-state index in [4.69, 9.17) is 11.6 Å². The second kappa shape index (κ2) is 8.09. The normalized spacial score (nSPS) is 12.3. The number of carbonyl (C=O) groups is 1. The lowest BCUT2D eigenvalue weighted by atomic mass is 10.1. The van der Waals surface area contributed by atoms with Crippen LogP contribution >= 0.6 is 11.6 Å². The molecule has 0 radical (unpaired) electrons. The Bertz CT molecular complexity index is 1150. The summed E-state index contributed by atoms with van der Waals surface area (Å²) in [5, 5.41) is 0.596. The average Bonchev–Trinajstić information content (AvgIpc) is 2.67. The van der Waals surface area contributed by atoms with Crippen molar-refractivity contribution in [2.75, 3.05) is 0 Å². The molecule has 6 heteroatoms. The Balaban J connectivity index is 1.80. The molecule has 4 nitrogen and oxygen atoms in total. The molecule has 0 bridgehead atoms. The van der Waals surface area contributed by atoms with Crippen LogP contribution in [0, 0.1) is 11.8 Å². The molecule has 0 aliphatic rings. The van der Waals surface area contributed by atoms with Crippen molar-refractivity contribution in [1.29, 1.82) is 0 Å². The maximum atomic E-state index is 12.7. The lowest BCUT2D eigenvalue weighted by Gasteiger charge is -2.11. The summed E-state index contributed by atoms with van der Waals surface area (Å²) in [7, 11) is -2.96. The van der Waals surface area contributed by atoms with Gasteiger partial charge in [-0.05, 0) is 42.3 Å². The predicted octanol–water partition coefficient (Wildman–Crippen LogP) is 3.56. The maximum Gasteiger partial charge on any atom is 0.264 e. The fraction of sp³-hybridized carbons (Fsp3) is 0. The standard InChI is InChI=1S/C21H15ClN2O2S/c1-27(26,20-8-3-2-4-9-20)24-21(25)18-12-17(14-23-15-18)11-10-16-6-5-7-19(22)13-16/h2-9,12-15H,1H2,(H,24,25,26). The Kier molecular flexibility index (Phi) is 5.60. The second-order valence-corrected chi connectivity index (χ2v) is 8.10. The lowest BCUT2D eigenvalue weighted by Crippen LogP contribution is -2.30. The number of halogens is 1. The highest BCUT2D eigenvalue weighted by Gasteiger charge is 2.13. The van der Waals surface area contributed by atoms with Crippen molar-refractivity contribution in [2.24, 2.45) is 0 Å². The first-order chi connectivity index (χ1) is 12.9. The van der Waals surface area contributed by atoms with Crippen molar-refractivity contribution in [1.82, 2.24) is 9.71 Å². The summed E-state index contributed by atoms with van der Waals surface area (Å²) < 4.78 is 15.2. The highest BCUT2D eigenvalue weighted by molar-refractivity contribution is 7.99. The van der Waals surface area contributed by atoms with Crippen LogP contribution in [-0.4, -0.2) is 21.0 Å². The SMILES string of the molecule is C=S(=O)(NC(=O)c1cncc(C#Cc2cccc(Cl)c2)c1)c1ccccc1. The van der Waals surface area contributed by atoms with E-state index in [-0.39, 0.29) is 5.56 Å². The van der Waals surface area contributed by atoms with Gasteiger partial charge in [-0.3, -0.25) is 14.5 Å². The van der Waals surface area contributed by atoms with Crippen LogP contribution in [0.5, 0.6) is 0 Å². The molecular formula is C21H15ClN2O2S. The second-order valence-electron chi connectivity index (χ2n) is 5.64. The minimum absolute atomic E-state index is 0.250. The van der Waals surface area contributed by atoms with Crippen molar-refractivity contribution >= 4 is 33.1 Å². The van der Waals surface area contributed by atoms with E-state index >= 15 is 0 Å². The Morgan fingerprint density at radius 1 is 1.00 bits per heavy atom. The van der Waals surface area contributed by atoms with E-state index < -0.39 is 15.6 Å². The summed E-state index contributed by atoms with van der Waals surface area (Å²) >= 11 is 5.94. The topological polar surface area (TPSA) is 59.1 Å². The van der Waals surface area contributed by atoms with E-state index in [1.165, 1.54) is 6.20 Å². The number of carbonyl (C=O) groups excluding carboxylic acids is 1. The quantitative estimate of drug-likeness (QED) is 0.546. The smallest absolute Gasteiger partial charge is 0.264 e. The molecule has 1 aromatic heterocycles. The first-order valence-electron chi connectivity index (χ1n) is 7.91. The van der Waals surface area contributed by atoms with E-state index in [1.54, 1.807) is 54.7 Å². The zero-order chi connectivity index (χ0) is 19.3. The molecule has 1 atom stereocenters. The van der Waals surface area contributed by atoms with Crippen LogP contribution in [0.1, 0.15) is 21.5 Å². The van der Waals surface area contributed by atoms with Crippen molar-refractivity contribution < 1.29 is 9.00 Å². The summed E-state index contributed by atoms with van der Waals surface area (Å²) in [6, 6.07) is 17.3. The van der Waals surface area contributed by atoms with E-state index in [0.29, 0.717) is 15.5 Å². The Labute approximate surface area is 163 Å². The highest BCUT2D eigenvalue weighted by Crippen LogP contribution is 2.11. The molecule has 3 rings (SSSR count). The van der Waals surface area contributed by atoms with Gasteiger partial charge in [-0.25, -0.2) is 4.21 Å². The van der Waals surface area contributed by atoms with Crippen molar-refractivity contribution in [3.8, 4) is 11.8 Å². The Morgan fingerprint density at radius 3 is 2.48 bits per heavy atom. The lowest BCUT2D eigenvalue weighted by molar-refractivity contribution is 0.0982. The number of benzene rings is 2. The van der Waals surface area contributed by atoms with Crippen LogP contribution in [0.25, 0.3) is 0 Å². The van der Waals surface area contributed by atoms with Gasteiger partial charge in [0.2, 0.25) is 0 Å². The van der Waals surface area contributed by atoms with Crippen LogP contribution in [0.15, 0.2) is 78.0 Å². The van der Waals surface area contributed by atoms with Crippen molar-refractivity contribution in [2.45, 2.75) is 4.90 Å². The van der Waals surface area contributed by atoms with Gasteiger partial charge in [0.15, 0.2) is 0 Å². The molecule has 2 aromatic carbocycles. The first kappa shape index (κ1) is 18.7. The largest absolute Gasteiger partial charge is 0.275 e. The zero-order valence-corrected chi connectivity index (χ0v) is 15.8. The van der Waals surface area contributed by atoms with Gasteiger partial charge in [-0.15, -0.1) is 0 Å². The molecule has 0 fully saturated rings. The molecule has 1 N–H and O–H groups in total. The third kappa shape index (κ3) is 4.98. The van der Waals surface area contributed by atoms with Gasteiger partial charge in [-0.1, -0.05) is 47.7 Å². The zero-order valence-electron chi connectivity index (χ0n) is 14.2. The minimum atomic E-state index is -2.96. The average molecular weight is 395 g/mol. The molecule has 0 aliphatic heterocycles. The van der Waals surface area contributed by atoms with Crippen LogP contribution in [0.2, 0.25) is 5.02 Å². The van der Waals surface area contributed by atoms with Gasteiger partial charge in [0.1, 0.15) is 0 Å². The van der Waals surface area contributed by atoms with Crippen molar-refractivity contribution in [3.63, 3.8) is 0 Å². The van der Waals surface area contributed by atoms with Gasteiger partial charge in [0.05, 0.1) is 15.3 Å². The number of aromatic nitrogens is 1. The third-order valence-electron chi connectivity index (χ3n) is 3.56. The predicted molar refractivity (Wildman–Crippen MR) is 109 cm³/mol.